The number of aromatic amines is 1. The topological polar surface area (TPSA) is 58.9 Å². The first-order valence-corrected chi connectivity index (χ1v) is 8.13. The zero-order valence-corrected chi connectivity index (χ0v) is 12.7. The number of imidazole rings is 1. The van der Waals surface area contributed by atoms with E-state index < -0.39 is 0 Å². The van der Waals surface area contributed by atoms with E-state index in [1.165, 1.54) is 25.0 Å². The summed E-state index contributed by atoms with van der Waals surface area (Å²) in [6.45, 7) is 0. The molecule has 0 bridgehead atoms. The Morgan fingerprint density at radius 2 is 2.17 bits per heavy atom. The molecule has 5 nitrogen and oxygen atoms in total. The van der Waals surface area contributed by atoms with Crippen LogP contribution in [0, 0.1) is 5.92 Å². The summed E-state index contributed by atoms with van der Waals surface area (Å²) in [5.41, 5.74) is 4.35. The zero-order valence-electron chi connectivity index (χ0n) is 12.7. The number of H-pyrrole nitrogens is 1. The lowest BCUT2D eigenvalue weighted by Crippen LogP contribution is -2.14. The molecule has 4 heterocycles. The van der Waals surface area contributed by atoms with Gasteiger partial charge in [0.25, 0.3) is 0 Å². The highest BCUT2D eigenvalue weighted by Gasteiger charge is 2.18. The third kappa shape index (κ3) is 2.11. The van der Waals surface area contributed by atoms with Crippen molar-refractivity contribution in [2.75, 3.05) is 0 Å². The SMILES string of the molecule is c1cn2cc(-c3c[nH]c4nc(CC5CCC5)ccc34)cnc2n1. The van der Waals surface area contributed by atoms with E-state index in [0.29, 0.717) is 0 Å². The molecule has 1 aliphatic rings. The van der Waals surface area contributed by atoms with Crippen LogP contribution in [0.3, 0.4) is 0 Å². The third-order valence-corrected chi connectivity index (χ3v) is 4.88. The maximum absolute atomic E-state index is 4.80. The molecule has 114 valence electrons. The zero-order chi connectivity index (χ0) is 15.2. The van der Waals surface area contributed by atoms with Crippen molar-refractivity contribution in [2.24, 2.45) is 5.92 Å². The average Bonchev–Trinajstić information content (AvgIpc) is 3.16. The standard InChI is InChI=1S/C18H17N5/c1-2-12(3-1)8-14-4-5-15-16(10-20-17(15)22-14)13-9-21-18-19-6-7-23(18)11-13/h4-7,9-12H,1-3,8H2,(H,20,22). The fourth-order valence-corrected chi connectivity index (χ4v) is 3.35. The Bertz CT molecular complexity index is 993. The van der Waals surface area contributed by atoms with Gasteiger partial charge in [-0.05, 0) is 24.5 Å². The Morgan fingerprint density at radius 1 is 1.22 bits per heavy atom. The van der Waals surface area contributed by atoms with Crippen LogP contribution in [0.1, 0.15) is 25.0 Å². The molecule has 1 aliphatic carbocycles. The number of hydrogen-bond donors (Lipinski definition) is 1. The number of hydrogen-bond acceptors (Lipinski definition) is 3. The number of pyridine rings is 1. The predicted molar refractivity (Wildman–Crippen MR) is 89.1 cm³/mol. The van der Waals surface area contributed by atoms with Crippen LogP contribution < -0.4 is 0 Å². The quantitative estimate of drug-likeness (QED) is 0.629. The highest BCUT2D eigenvalue weighted by Crippen LogP contribution is 2.31. The smallest absolute Gasteiger partial charge is 0.233 e. The lowest BCUT2D eigenvalue weighted by Gasteiger charge is -2.24. The fourth-order valence-electron chi connectivity index (χ4n) is 3.35. The van der Waals surface area contributed by atoms with Gasteiger partial charge in [0.1, 0.15) is 5.65 Å². The van der Waals surface area contributed by atoms with Crippen molar-refractivity contribution < 1.29 is 0 Å². The van der Waals surface area contributed by atoms with E-state index in [2.05, 4.69) is 33.3 Å². The van der Waals surface area contributed by atoms with E-state index in [9.17, 15) is 0 Å². The molecule has 1 N–H and O–H groups in total. The molecule has 0 aromatic carbocycles. The van der Waals surface area contributed by atoms with Gasteiger partial charge in [0.05, 0.1) is 0 Å². The molecule has 1 saturated carbocycles. The molecule has 0 spiro atoms. The van der Waals surface area contributed by atoms with Crippen LogP contribution in [0.5, 0.6) is 0 Å². The number of nitrogens with one attached hydrogen (secondary N) is 1. The van der Waals surface area contributed by atoms with Crippen LogP contribution >= 0.6 is 0 Å². The third-order valence-electron chi connectivity index (χ3n) is 4.88. The van der Waals surface area contributed by atoms with E-state index >= 15 is 0 Å². The van der Waals surface area contributed by atoms with Gasteiger partial charge in [0.15, 0.2) is 0 Å². The fraction of sp³-hybridized carbons (Fsp3) is 0.278. The highest BCUT2D eigenvalue weighted by atomic mass is 15.1. The molecule has 0 amide bonds. The van der Waals surface area contributed by atoms with Crippen molar-refractivity contribution in [2.45, 2.75) is 25.7 Å². The second-order valence-electron chi connectivity index (χ2n) is 6.38. The summed E-state index contributed by atoms with van der Waals surface area (Å²) in [5.74, 6) is 1.55. The Hall–Kier alpha value is -2.69. The second kappa shape index (κ2) is 4.91. The van der Waals surface area contributed by atoms with Gasteiger partial charge in [-0.2, -0.15) is 0 Å². The molecule has 23 heavy (non-hydrogen) atoms. The molecule has 5 rings (SSSR count). The first-order valence-electron chi connectivity index (χ1n) is 8.13. The summed E-state index contributed by atoms with van der Waals surface area (Å²) >= 11 is 0. The number of fused-ring (bicyclic) bond motifs is 2. The highest BCUT2D eigenvalue weighted by molar-refractivity contribution is 5.93. The summed E-state index contributed by atoms with van der Waals surface area (Å²) in [7, 11) is 0. The van der Waals surface area contributed by atoms with Crippen LogP contribution in [0.15, 0.2) is 43.1 Å². The van der Waals surface area contributed by atoms with Crippen LogP contribution in [0.4, 0.5) is 0 Å². The lowest BCUT2D eigenvalue weighted by atomic mass is 9.82. The van der Waals surface area contributed by atoms with Crippen molar-refractivity contribution in [3.63, 3.8) is 0 Å². The van der Waals surface area contributed by atoms with E-state index in [-0.39, 0.29) is 0 Å². The van der Waals surface area contributed by atoms with Crippen molar-refractivity contribution in [3.05, 3.63) is 48.8 Å². The summed E-state index contributed by atoms with van der Waals surface area (Å²) in [6.07, 6.45) is 14.8. The maximum atomic E-state index is 4.80. The molecule has 4 aromatic rings. The minimum Gasteiger partial charge on any atom is -0.346 e. The van der Waals surface area contributed by atoms with Gasteiger partial charge in [-0.1, -0.05) is 19.3 Å². The minimum atomic E-state index is 0.717. The monoisotopic (exact) mass is 303 g/mol. The van der Waals surface area contributed by atoms with E-state index in [1.807, 2.05) is 23.0 Å². The number of aromatic nitrogens is 5. The van der Waals surface area contributed by atoms with E-state index in [4.69, 9.17) is 4.98 Å². The van der Waals surface area contributed by atoms with Crippen molar-refractivity contribution in [1.29, 1.82) is 0 Å². The summed E-state index contributed by atoms with van der Waals surface area (Å²) in [4.78, 5) is 16.7. The second-order valence-corrected chi connectivity index (χ2v) is 6.38. The van der Waals surface area contributed by atoms with Crippen LogP contribution in [0.2, 0.25) is 0 Å². The molecule has 4 aromatic heterocycles. The largest absolute Gasteiger partial charge is 0.346 e. The summed E-state index contributed by atoms with van der Waals surface area (Å²) < 4.78 is 1.94. The van der Waals surface area contributed by atoms with Gasteiger partial charge in [-0.25, -0.2) is 15.0 Å². The predicted octanol–water partition coefficient (Wildman–Crippen LogP) is 3.62. The Balaban J connectivity index is 1.55. The van der Waals surface area contributed by atoms with Gasteiger partial charge in [-0.15, -0.1) is 0 Å². The lowest BCUT2D eigenvalue weighted by molar-refractivity contribution is 0.312. The first-order chi connectivity index (χ1) is 11.4. The molecule has 1 fully saturated rings. The first kappa shape index (κ1) is 12.8. The molecule has 0 saturated heterocycles. The molecule has 0 atom stereocenters. The minimum absolute atomic E-state index is 0.717. The Morgan fingerprint density at radius 3 is 3.04 bits per heavy atom. The number of nitrogens with zero attached hydrogens (tertiary/aromatic N) is 4. The molecule has 0 radical (unpaired) electrons. The van der Waals surface area contributed by atoms with Crippen molar-refractivity contribution >= 4 is 16.8 Å². The van der Waals surface area contributed by atoms with Gasteiger partial charge in [0.2, 0.25) is 5.78 Å². The molecule has 5 heteroatoms. The summed E-state index contributed by atoms with van der Waals surface area (Å²) in [5, 5.41) is 1.14. The molecule has 0 aliphatic heterocycles. The van der Waals surface area contributed by atoms with Gasteiger partial charge in [-0.3, -0.25) is 4.40 Å². The van der Waals surface area contributed by atoms with Crippen molar-refractivity contribution in [3.8, 4) is 11.1 Å². The Labute approximate surface area is 133 Å². The van der Waals surface area contributed by atoms with Crippen LogP contribution in [-0.2, 0) is 6.42 Å². The molecular formula is C18H17N5. The van der Waals surface area contributed by atoms with Crippen LogP contribution in [0.25, 0.3) is 27.9 Å². The Kier molecular flexibility index (Phi) is 2.74. The van der Waals surface area contributed by atoms with Gasteiger partial charge >= 0.3 is 0 Å². The average molecular weight is 303 g/mol. The maximum Gasteiger partial charge on any atom is 0.233 e. The molecule has 0 unspecified atom stereocenters. The normalized spacial score (nSPS) is 15.3. The number of rotatable bonds is 3. The van der Waals surface area contributed by atoms with E-state index in [0.717, 1.165) is 40.3 Å². The van der Waals surface area contributed by atoms with Crippen molar-refractivity contribution in [1.82, 2.24) is 24.3 Å². The van der Waals surface area contributed by atoms with Crippen LogP contribution in [-0.4, -0.2) is 24.3 Å². The van der Waals surface area contributed by atoms with E-state index in [1.54, 1.807) is 6.20 Å². The van der Waals surface area contributed by atoms with Gasteiger partial charge in [0, 0.05) is 53.2 Å². The van der Waals surface area contributed by atoms with Gasteiger partial charge < -0.3 is 4.98 Å². The summed E-state index contributed by atoms with van der Waals surface area (Å²) in [6, 6.07) is 4.35. The molecular weight excluding hydrogens is 286 g/mol.